The summed E-state index contributed by atoms with van der Waals surface area (Å²) in [5, 5.41) is 0.565. The highest BCUT2D eigenvalue weighted by molar-refractivity contribution is 9.09. The first-order valence-electron chi connectivity index (χ1n) is 5.03. The molecule has 2 rings (SSSR count). The molecule has 1 atom stereocenters. The number of nitrogens with zero attached hydrogens (tertiary/aromatic N) is 2. The molecule has 17 heavy (non-hydrogen) atoms. The molecule has 1 aliphatic heterocycles. The number of alkyl halides is 1. The Morgan fingerprint density at radius 2 is 2.35 bits per heavy atom. The van der Waals surface area contributed by atoms with E-state index in [9.17, 15) is 9.59 Å². The fourth-order valence-electron chi connectivity index (χ4n) is 1.63. The number of anilines is 1. The van der Waals surface area contributed by atoms with E-state index in [-0.39, 0.29) is 10.7 Å². The summed E-state index contributed by atoms with van der Waals surface area (Å²) in [5.74, 6) is -0.384. The fraction of sp³-hybridized carbons (Fsp3) is 0.500. The molecule has 0 N–H and O–H groups in total. The molecule has 7 heteroatoms. The van der Waals surface area contributed by atoms with E-state index in [2.05, 4.69) is 25.7 Å². The van der Waals surface area contributed by atoms with Gasteiger partial charge in [-0.15, -0.1) is 0 Å². The highest BCUT2D eigenvalue weighted by Gasteiger charge is 2.31. The van der Waals surface area contributed by atoms with Gasteiger partial charge < -0.3 is 4.74 Å². The zero-order chi connectivity index (χ0) is 12.6. The number of ether oxygens (including phenoxy) is 1. The normalized spacial score (nSPS) is 19.8. The average Bonchev–Trinajstić information content (AvgIpc) is 2.80. The summed E-state index contributed by atoms with van der Waals surface area (Å²) in [6.07, 6.45) is 0.464. The Morgan fingerprint density at radius 1 is 1.65 bits per heavy atom. The molecule has 1 fully saturated rings. The Morgan fingerprint density at radius 3 is 2.88 bits per heavy atom. The van der Waals surface area contributed by atoms with Crippen LogP contribution in [0.4, 0.5) is 5.13 Å². The SMILES string of the molecule is COC(=O)c1sc(N2CC(Br)CC2=O)nc1C. The molecular weight excluding hydrogens is 308 g/mol. The number of amides is 1. The van der Waals surface area contributed by atoms with Crippen molar-refractivity contribution in [3.8, 4) is 0 Å². The van der Waals surface area contributed by atoms with Crippen LogP contribution < -0.4 is 4.90 Å². The van der Waals surface area contributed by atoms with Crippen LogP contribution in [0.25, 0.3) is 0 Å². The van der Waals surface area contributed by atoms with Crippen molar-refractivity contribution in [3.63, 3.8) is 0 Å². The maximum Gasteiger partial charge on any atom is 0.350 e. The lowest BCUT2D eigenvalue weighted by Crippen LogP contribution is -2.24. The minimum atomic E-state index is -0.409. The number of hydrogen-bond donors (Lipinski definition) is 0. The lowest BCUT2D eigenvalue weighted by Gasteiger charge is -2.10. The van der Waals surface area contributed by atoms with Gasteiger partial charge in [0.25, 0.3) is 0 Å². The second-order valence-electron chi connectivity index (χ2n) is 3.71. The summed E-state index contributed by atoms with van der Waals surface area (Å²) in [7, 11) is 1.33. The van der Waals surface area contributed by atoms with Crippen molar-refractivity contribution >= 4 is 44.3 Å². The van der Waals surface area contributed by atoms with Crippen molar-refractivity contribution in [3.05, 3.63) is 10.6 Å². The smallest absolute Gasteiger partial charge is 0.350 e. The zero-order valence-corrected chi connectivity index (χ0v) is 11.8. The number of methoxy groups -OCH3 is 1. The van der Waals surface area contributed by atoms with E-state index in [0.717, 1.165) is 0 Å². The van der Waals surface area contributed by atoms with Gasteiger partial charge in [-0.05, 0) is 6.92 Å². The van der Waals surface area contributed by atoms with Crippen LogP contribution in [0.3, 0.4) is 0 Å². The van der Waals surface area contributed by atoms with Crippen molar-refractivity contribution in [1.82, 2.24) is 4.98 Å². The van der Waals surface area contributed by atoms with E-state index in [1.54, 1.807) is 11.8 Å². The first-order valence-corrected chi connectivity index (χ1v) is 6.76. The molecule has 92 valence electrons. The van der Waals surface area contributed by atoms with Crippen molar-refractivity contribution in [1.29, 1.82) is 0 Å². The Balaban J connectivity index is 2.29. The molecule has 0 radical (unpaired) electrons. The van der Waals surface area contributed by atoms with Crippen molar-refractivity contribution in [2.45, 2.75) is 18.2 Å². The van der Waals surface area contributed by atoms with Crippen molar-refractivity contribution in [2.75, 3.05) is 18.6 Å². The summed E-state index contributed by atoms with van der Waals surface area (Å²) in [5.41, 5.74) is 0.600. The van der Waals surface area contributed by atoms with E-state index in [1.165, 1.54) is 18.4 Å². The molecule has 1 aromatic rings. The lowest BCUT2D eigenvalue weighted by atomic mass is 10.4. The minimum absolute atomic E-state index is 0.0250. The summed E-state index contributed by atoms with van der Waals surface area (Å²) in [6.45, 7) is 2.32. The molecule has 0 saturated carbocycles. The van der Waals surface area contributed by atoms with Crippen LogP contribution in [-0.2, 0) is 9.53 Å². The van der Waals surface area contributed by atoms with Crippen molar-refractivity contribution < 1.29 is 14.3 Å². The van der Waals surface area contributed by atoms with Gasteiger partial charge in [-0.1, -0.05) is 27.3 Å². The Kier molecular flexibility index (Phi) is 3.48. The quantitative estimate of drug-likeness (QED) is 0.615. The van der Waals surface area contributed by atoms with E-state index in [4.69, 9.17) is 0 Å². The van der Waals surface area contributed by atoms with Gasteiger partial charge in [-0.3, -0.25) is 9.69 Å². The average molecular weight is 319 g/mol. The molecule has 1 unspecified atom stereocenters. The van der Waals surface area contributed by atoms with Crippen LogP contribution in [-0.4, -0.2) is 35.3 Å². The third kappa shape index (κ3) is 2.35. The largest absolute Gasteiger partial charge is 0.465 e. The molecule has 2 heterocycles. The summed E-state index contributed by atoms with van der Waals surface area (Å²) in [4.78, 5) is 29.6. The molecule has 0 aromatic carbocycles. The van der Waals surface area contributed by atoms with E-state index in [0.29, 0.717) is 28.7 Å². The van der Waals surface area contributed by atoms with Gasteiger partial charge in [0, 0.05) is 17.8 Å². The van der Waals surface area contributed by atoms with Gasteiger partial charge in [0.1, 0.15) is 4.88 Å². The van der Waals surface area contributed by atoms with E-state index < -0.39 is 5.97 Å². The molecule has 1 aliphatic rings. The van der Waals surface area contributed by atoms with Gasteiger partial charge in [0.2, 0.25) is 5.91 Å². The number of carbonyl (C=O) groups is 2. The van der Waals surface area contributed by atoms with Crippen LogP contribution in [0.2, 0.25) is 0 Å². The van der Waals surface area contributed by atoms with Crippen LogP contribution in [0.1, 0.15) is 21.8 Å². The van der Waals surface area contributed by atoms with Crippen molar-refractivity contribution in [2.24, 2.45) is 0 Å². The topological polar surface area (TPSA) is 59.5 Å². The first kappa shape index (κ1) is 12.5. The monoisotopic (exact) mass is 318 g/mol. The molecule has 5 nitrogen and oxygen atoms in total. The second-order valence-corrected chi connectivity index (χ2v) is 5.98. The second kappa shape index (κ2) is 4.73. The maximum atomic E-state index is 11.7. The van der Waals surface area contributed by atoms with E-state index >= 15 is 0 Å². The van der Waals surface area contributed by atoms with Gasteiger partial charge in [-0.2, -0.15) is 0 Å². The molecular formula is C10H11BrN2O3S. The summed E-state index contributed by atoms with van der Waals surface area (Å²) in [6, 6.07) is 0. The van der Waals surface area contributed by atoms with Gasteiger partial charge in [0.05, 0.1) is 12.8 Å². The number of carbonyl (C=O) groups excluding carboxylic acids is 2. The molecule has 0 bridgehead atoms. The van der Waals surface area contributed by atoms with Crippen LogP contribution in [0.5, 0.6) is 0 Å². The number of aromatic nitrogens is 1. The van der Waals surface area contributed by atoms with E-state index in [1.807, 2.05) is 0 Å². The summed E-state index contributed by atoms with van der Waals surface area (Å²) >= 11 is 4.60. The Labute approximate surface area is 111 Å². The van der Waals surface area contributed by atoms with Gasteiger partial charge in [-0.25, -0.2) is 9.78 Å². The summed E-state index contributed by atoms with van der Waals surface area (Å²) < 4.78 is 4.66. The Bertz CT molecular complexity index is 474. The number of hydrogen-bond acceptors (Lipinski definition) is 5. The van der Waals surface area contributed by atoms with Crippen LogP contribution in [0.15, 0.2) is 0 Å². The molecule has 1 saturated heterocycles. The first-order chi connectivity index (χ1) is 8.02. The predicted octanol–water partition coefficient (Wildman–Crippen LogP) is 1.74. The standard InChI is InChI=1S/C10H11BrN2O3S/c1-5-8(9(15)16-2)17-10(12-5)13-4-6(11)3-7(13)14/h6H,3-4H2,1-2H3. The zero-order valence-electron chi connectivity index (χ0n) is 9.40. The number of aryl methyl sites for hydroxylation is 1. The van der Waals surface area contributed by atoms with Gasteiger partial charge >= 0.3 is 5.97 Å². The molecule has 0 aliphatic carbocycles. The third-order valence-corrected chi connectivity index (χ3v) is 4.24. The lowest BCUT2D eigenvalue weighted by molar-refractivity contribution is -0.117. The van der Waals surface area contributed by atoms with Crippen LogP contribution in [0, 0.1) is 6.92 Å². The fourth-order valence-corrected chi connectivity index (χ4v) is 3.21. The number of thiazole rings is 1. The third-order valence-electron chi connectivity index (χ3n) is 2.46. The Hall–Kier alpha value is -0.950. The minimum Gasteiger partial charge on any atom is -0.465 e. The number of esters is 1. The number of rotatable bonds is 2. The highest BCUT2D eigenvalue weighted by atomic mass is 79.9. The highest BCUT2D eigenvalue weighted by Crippen LogP contribution is 2.31. The molecule has 1 amide bonds. The van der Waals surface area contributed by atoms with Crippen LogP contribution >= 0.6 is 27.3 Å². The molecule has 1 aromatic heterocycles. The number of halogens is 1. The predicted molar refractivity (Wildman–Crippen MR) is 67.9 cm³/mol. The maximum absolute atomic E-state index is 11.7. The molecule has 0 spiro atoms. The van der Waals surface area contributed by atoms with Gasteiger partial charge in [0.15, 0.2) is 5.13 Å².